The summed E-state index contributed by atoms with van der Waals surface area (Å²) in [5.74, 6) is 3.95. The van der Waals surface area contributed by atoms with Crippen molar-refractivity contribution in [1.82, 2.24) is 29.4 Å². The van der Waals surface area contributed by atoms with Crippen LogP contribution in [0, 0.1) is 23.7 Å². The van der Waals surface area contributed by atoms with E-state index in [4.69, 9.17) is 10.7 Å². The van der Waals surface area contributed by atoms with Gasteiger partial charge in [0, 0.05) is 31.7 Å². The molecule has 8 nitrogen and oxygen atoms in total. The first-order valence-corrected chi connectivity index (χ1v) is 16.6. The summed E-state index contributed by atoms with van der Waals surface area (Å²) in [7, 11) is 0. The van der Waals surface area contributed by atoms with Crippen LogP contribution in [-0.2, 0) is 11.8 Å². The zero-order valence-electron chi connectivity index (χ0n) is 26.3. The number of aromatic nitrogens is 5. The lowest BCUT2D eigenvalue weighted by atomic mass is 9.75. The van der Waals surface area contributed by atoms with Crippen LogP contribution in [0.15, 0.2) is 36.8 Å². The third kappa shape index (κ3) is 5.57. The highest BCUT2D eigenvalue weighted by Crippen LogP contribution is 2.44. The summed E-state index contributed by atoms with van der Waals surface area (Å²) >= 11 is 0. The molecule has 0 radical (unpaired) electrons. The Labute approximate surface area is 255 Å². The molecule has 0 aliphatic heterocycles. The fourth-order valence-corrected chi connectivity index (χ4v) is 7.97. The molecule has 1 aromatic carbocycles. The van der Waals surface area contributed by atoms with Crippen LogP contribution in [0.2, 0.25) is 0 Å². The van der Waals surface area contributed by atoms with E-state index >= 15 is 0 Å². The van der Waals surface area contributed by atoms with Gasteiger partial charge in [0.1, 0.15) is 23.6 Å². The van der Waals surface area contributed by atoms with Gasteiger partial charge in [0.15, 0.2) is 0 Å². The number of aryl methyl sites for hydroxylation is 1. The second kappa shape index (κ2) is 11.2. The number of aromatic amines is 1. The number of aliphatic hydroxyl groups is 1. The number of benzene rings is 1. The highest BCUT2D eigenvalue weighted by molar-refractivity contribution is 5.86. The maximum absolute atomic E-state index is 11.4. The van der Waals surface area contributed by atoms with Crippen LogP contribution >= 0.6 is 0 Å². The van der Waals surface area contributed by atoms with Crippen LogP contribution in [0.4, 0.5) is 5.82 Å². The molecule has 0 bridgehead atoms. The maximum atomic E-state index is 11.4. The maximum Gasteiger partial charge on any atom is 0.145 e. The second-order valence-electron chi connectivity index (χ2n) is 15.1. The van der Waals surface area contributed by atoms with Crippen LogP contribution in [0.25, 0.3) is 22.1 Å². The van der Waals surface area contributed by atoms with Crippen LogP contribution in [-0.4, -0.2) is 59.7 Å². The van der Waals surface area contributed by atoms with Gasteiger partial charge in [0.05, 0.1) is 28.6 Å². The fraction of sp³-hybridized carbons (Fsp3) is 0.629. The van der Waals surface area contributed by atoms with E-state index in [1.807, 2.05) is 12.3 Å². The Hall–Kier alpha value is -2.97. The van der Waals surface area contributed by atoms with E-state index in [2.05, 4.69) is 70.3 Å². The monoisotopic (exact) mass is 583 g/mol. The fourth-order valence-electron chi connectivity index (χ4n) is 7.97. The van der Waals surface area contributed by atoms with Crippen molar-refractivity contribution >= 4 is 27.9 Å². The number of rotatable bonds is 9. The van der Waals surface area contributed by atoms with E-state index in [0.717, 1.165) is 59.1 Å². The first kappa shape index (κ1) is 28.8. The van der Waals surface area contributed by atoms with Gasteiger partial charge in [-0.1, -0.05) is 40.2 Å². The molecule has 0 amide bonds. The van der Waals surface area contributed by atoms with E-state index in [-0.39, 0.29) is 23.5 Å². The van der Waals surface area contributed by atoms with Crippen LogP contribution < -0.4 is 5.73 Å². The van der Waals surface area contributed by atoms with Gasteiger partial charge in [0.25, 0.3) is 0 Å². The van der Waals surface area contributed by atoms with Crippen molar-refractivity contribution in [2.45, 2.75) is 103 Å². The predicted octanol–water partition coefficient (Wildman–Crippen LogP) is 6.26. The van der Waals surface area contributed by atoms with Gasteiger partial charge >= 0.3 is 0 Å². The van der Waals surface area contributed by atoms with Crippen molar-refractivity contribution in [3.05, 3.63) is 48.2 Å². The van der Waals surface area contributed by atoms with Crippen molar-refractivity contribution in [2.24, 2.45) is 23.7 Å². The third-order valence-corrected chi connectivity index (χ3v) is 11.2. The van der Waals surface area contributed by atoms with Gasteiger partial charge in [-0.2, -0.15) is 0 Å². The van der Waals surface area contributed by atoms with Gasteiger partial charge in [-0.05, 0) is 91.4 Å². The summed E-state index contributed by atoms with van der Waals surface area (Å²) in [6, 6.07) is 9.34. The summed E-state index contributed by atoms with van der Waals surface area (Å²) < 4.78 is 2.15. The van der Waals surface area contributed by atoms with E-state index in [1.165, 1.54) is 57.0 Å². The summed E-state index contributed by atoms with van der Waals surface area (Å²) in [4.78, 5) is 20.0. The Bertz CT molecular complexity index is 1570. The van der Waals surface area contributed by atoms with E-state index in [0.29, 0.717) is 17.8 Å². The molecule has 230 valence electrons. The number of nitrogens with zero attached hydrogens (tertiary/aromatic N) is 5. The lowest BCUT2D eigenvalue weighted by Crippen LogP contribution is -2.49. The Kier molecular flexibility index (Phi) is 7.49. The van der Waals surface area contributed by atoms with Gasteiger partial charge in [0.2, 0.25) is 0 Å². The van der Waals surface area contributed by atoms with Gasteiger partial charge in [-0.3, -0.25) is 4.90 Å². The average molecular weight is 584 g/mol. The summed E-state index contributed by atoms with van der Waals surface area (Å²) in [5.41, 5.74) is 10.7. The van der Waals surface area contributed by atoms with Crippen molar-refractivity contribution < 1.29 is 5.11 Å². The topological polar surface area (TPSA) is 109 Å². The Morgan fingerprint density at radius 3 is 2.63 bits per heavy atom. The number of H-pyrrole nitrogens is 1. The van der Waals surface area contributed by atoms with Crippen molar-refractivity contribution in [3.63, 3.8) is 0 Å². The molecule has 0 spiro atoms. The van der Waals surface area contributed by atoms with Crippen LogP contribution in [0.3, 0.4) is 0 Å². The number of nitrogens with two attached hydrogens (primary N) is 1. The van der Waals surface area contributed by atoms with Crippen LogP contribution in [0.1, 0.15) is 90.1 Å². The minimum absolute atomic E-state index is 0.0229. The molecule has 3 fully saturated rings. The largest absolute Gasteiger partial charge is 0.391 e. The number of anilines is 1. The molecule has 3 aliphatic carbocycles. The molecule has 7 rings (SSSR count). The van der Waals surface area contributed by atoms with E-state index in [1.54, 1.807) is 0 Å². The number of nitrogens with one attached hydrogen (secondary N) is 1. The third-order valence-electron chi connectivity index (χ3n) is 11.2. The van der Waals surface area contributed by atoms with Crippen molar-refractivity contribution in [1.29, 1.82) is 0 Å². The molecule has 3 heterocycles. The average Bonchev–Trinajstić information content (AvgIpc) is 3.61. The highest BCUT2D eigenvalue weighted by atomic mass is 16.3. The molecule has 4 atom stereocenters. The number of aliphatic hydroxyl groups excluding tert-OH is 1. The molecule has 0 unspecified atom stereocenters. The molecule has 3 aromatic heterocycles. The summed E-state index contributed by atoms with van der Waals surface area (Å²) in [6.45, 7) is 11.3. The number of hydrogen-bond acceptors (Lipinski definition) is 6. The quantitative estimate of drug-likeness (QED) is 0.215. The van der Waals surface area contributed by atoms with Crippen molar-refractivity contribution in [2.75, 3.05) is 18.8 Å². The SMILES string of the molecule is C[C@@H]1[C@@H](CN(CC2CCC2)C2CC(CCc3nc4ccc(C(C)(C)C)cc4[nH]3)C2)C[C@@H](n2ccc3c(N)ncnc32)[C@@H]1O. The first-order chi connectivity index (χ1) is 20.6. The second-order valence-corrected chi connectivity index (χ2v) is 15.1. The number of hydrogen-bond donors (Lipinski definition) is 3. The normalized spacial score (nSPS) is 28.1. The lowest BCUT2D eigenvalue weighted by molar-refractivity contribution is 0.0262. The number of imidazole rings is 1. The molecule has 4 aromatic rings. The molecular formula is C35H49N7O. The van der Waals surface area contributed by atoms with Gasteiger partial charge in [-0.25, -0.2) is 15.0 Å². The Morgan fingerprint density at radius 1 is 1.07 bits per heavy atom. The van der Waals surface area contributed by atoms with Gasteiger partial charge < -0.3 is 20.4 Å². The van der Waals surface area contributed by atoms with E-state index < -0.39 is 0 Å². The minimum atomic E-state index is -0.389. The Morgan fingerprint density at radius 2 is 1.88 bits per heavy atom. The predicted molar refractivity (Wildman–Crippen MR) is 173 cm³/mol. The molecular weight excluding hydrogens is 534 g/mol. The zero-order valence-corrected chi connectivity index (χ0v) is 26.3. The first-order valence-electron chi connectivity index (χ1n) is 16.6. The van der Waals surface area contributed by atoms with Crippen molar-refractivity contribution in [3.8, 4) is 0 Å². The lowest BCUT2D eigenvalue weighted by Gasteiger charge is -2.46. The molecule has 8 heteroatoms. The number of nitrogen functional groups attached to an aromatic ring is 1. The minimum Gasteiger partial charge on any atom is -0.391 e. The molecule has 3 aliphatic rings. The van der Waals surface area contributed by atoms with Crippen LogP contribution in [0.5, 0.6) is 0 Å². The highest BCUT2D eigenvalue weighted by Gasteiger charge is 2.44. The van der Waals surface area contributed by atoms with Gasteiger partial charge in [-0.15, -0.1) is 0 Å². The van der Waals surface area contributed by atoms with E-state index in [9.17, 15) is 5.11 Å². The smallest absolute Gasteiger partial charge is 0.145 e. The Balaban J connectivity index is 0.980. The summed E-state index contributed by atoms with van der Waals surface area (Å²) in [6.07, 6.45) is 13.1. The molecule has 3 saturated carbocycles. The number of fused-ring (bicyclic) bond motifs is 2. The molecule has 4 N–H and O–H groups in total. The molecule has 43 heavy (non-hydrogen) atoms. The summed E-state index contributed by atoms with van der Waals surface area (Å²) in [5, 5.41) is 12.3. The standard InChI is InChI=1S/C35H49N7O/c1-21-24(16-30(32(21)43)42-13-12-27-33(36)37-20-38-34(27)42)19-41(18-22-6-5-7-22)26-14-23(15-26)8-11-31-39-28-10-9-25(35(2,3)4)17-29(28)40-31/h9-10,12-13,17,20-24,26,30,32,43H,5-8,11,14-16,18-19H2,1-4H3,(H,39,40)(H2,36,37,38)/t21-,23?,24-,26?,30-,32-/m1/s1. The molecule has 0 saturated heterocycles. The zero-order chi connectivity index (χ0) is 29.9.